The molecule has 0 saturated heterocycles. The van der Waals surface area contributed by atoms with Crippen LogP contribution in [0, 0.1) is 39.1 Å². The Morgan fingerprint density at radius 2 is 2.16 bits per heavy atom. The third-order valence-corrected chi connectivity index (χ3v) is 2.60. The summed E-state index contributed by atoms with van der Waals surface area (Å²) in [5, 5.41) is 19.8. The van der Waals surface area contributed by atoms with Crippen molar-refractivity contribution in [2.75, 3.05) is 0 Å². The lowest BCUT2D eigenvalue weighted by Crippen LogP contribution is -2.17. The fraction of sp³-hybridized carbons (Fsp3) is 0.385. The number of carbonyl (C=O) groups excluding carboxylic acids is 1. The van der Waals surface area contributed by atoms with Crippen LogP contribution in [0.15, 0.2) is 18.2 Å². The maximum Gasteiger partial charge on any atom is 0.280 e. The molecule has 0 radical (unpaired) electrons. The van der Waals surface area contributed by atoms with Crippen LogP contribution in [0.1, 0.15) is 30.6 Å². The number of hydrogen-bond donors (Lipinski definition) is 0. The molecule has 0 aliphatic rings. The summed E-state index contributed by atoms with van der Waals surface area (Å²) in [4.78, 5) is 22.2. The molecule has 19 heavy (non-hydrogen) atoms. The van der Waals surface area contributed by atoms with Gasteiger partial charge in [0.25, 0.3) is 5.69 Å². The molecule has 1 rings (SSSR count). The monoisotopic (exact) mass is 264 g/mol. The number of nitriles is 1. The van der Waals surface area contributed by atoms with E-state index in [4.69, 9.17) is 5.26 Å². The van der Waals surface area contributed by atoms with Crippen LogP contribution in [0.5, 0.6) is 0 Å². The Balaban J connectivity index is 3.21. The van der Waals surface area contributed by atoms with Gasteiger partial charge in [0, 0.05) is 6.07 Å². The second-order valence-corrected chi connectivity index (χ2v) is 4.59. The van der Waals surface area contributed by atoms with Gasteiger partial charge in [0.15, 0.2) is 5.78 Å². The van der Waals surface area contributed by atoms with Gasteiger partial charge in [-0.05, 0) is 24.5 Å². The highest BCUT2D eigenvalue weighted by molar-refractivity contribution is 6.02. The normalized spacial score (nSPS) is 11.9. The molecule has 1 atom stereocenters. The molecule has 0 aliphatic carbocycles. The summed E-state index contributed by atoms with van der Waals surface area (Å²) in [6, 6.07) is 4.49. The van der Waals surface area contributed by atoms with Crippen LogP contribution in [-0.2, 0) is 0 Å². The topological polar surface area (TPSA) is 84.0 Å². The molecule has 0 amide bonds. The van der Waals surface area contributed by atoms with E-state index in [0.29, 0.717) is 0 Å². The first-order chi connectivity index (χ1) is 8.86. The zero-order valence-electron chi connectivity index (χ0n) is 10.6. The Kier molecular flexibility index (Phi) is 4.70. The van der Waals surface area contributed by atoms with Crippen molar-refractivity contribution in [2.45, 2.75) is 20.3 Å². The number of carbonyl (C=O) groups is 1. The third kappa shape index (κ3) is 3.58. The molecule has 0 saturated carbocycles. The minimum absolute atomic E-state index is 0.0845. The number of Topliss-reactive ketones (excluding diaryl/α,β-unsaturated/α-hetero) is 1. The third-order valence-electron chi connectivity index (χ3n) is 2.60. The van der Waals surface area contributed by atoms with Crippen molar-refractivity contribution >= 4 is 11.5 Å². The molecular formula is C13H13FN2O3. The Morgan fingerprint density at radius 1 is 1.53 bits per heavy atom. The first kappa shape index (κ1) is 14.8. The Morgan fingerprint density at radius 3 is 2.63 bits per heavy atom. The second kappa shape index (κ2) is 6.05. The van der Waals surface area contributed by atoms with Crippen LogP contribution in [-0.4, -0.2) is 10.7 Å². The van der Waals surface area contributed by atoms with Crippen molar-refractivity contribution in [3.63, 3.8) is 0 Å². The van der Waals surface area contributed by atoms with Gasteiger partial charge in [0.2, 0.25) is 0 Å². The van der Waals surface area contributed by atoms with Crippen LogP contribution >= 0.6 is 0 Å². The van der Waals surface area contributed by atoms with Crippen LogP contribution in [0.4, 0.5) is 10.1 Å². The molecule has 100 valence electrons. The first-order valence-electron chi connectivity index (χ1n) is 5.74. The van der Waals surface area contributed by atoms with Gasteiger partial charge in [-0.2, -0.15) is 5.26 Å². The largest absolute Gasteiger partial charge is 0.292 e. The predicted molar refractivity (Wildman–Crippen MR) is 65.9 cm³/mol. The molecule has 0 aliphatic heterocycles. The van der Waals surface area contributed by atoms with E-state index in [1.807, 2.05) is 19.9 Å². The number of ketones is 1. The molecular weight excluding hydrogens is 251 g/mol. The number of nitro benzene ring substituents is 1. The van der Waals surface area contributed by atoms with E-state index < -0.39 is 28.1 Å². The molecule has 0 spiro atoms. The Bertz CT molecular complexity index is 549. The van der Waals surface area contributed by atoms with Crippen LogP contribution in [0.25, 0.3) is 0 Å². The zero-order chi connectivity index (χ0) is 14.6. The van der Waals surface area contributed by atoms with Crippen LogP contribution < -0.4 is 0 Å². The van der Waals surface area contributed by atoms with Crippen molar-refractivity contribution in [2.24, 2.45) is 11.8 Å². The fourth-order valence-electron chi connectivity index (χ4n) is 1.74. The van der Waals surface area contributed by atoms with Gasteiger partial charge in [-0.1, -0.05) is 13.8 Å². The summed E-state index contributed by atoms with van der Waals surface area (Å²) in [6.45, 7) is 3.66. The van der Waals surface area contributed by atoms with E-state index in [1.54, 1.807) is 0 Å². The van der Waals surface area contributed by atoms with Gasteiger partial charge in [-0.15, -0.1) is 0 Å². The summed E-state index contributed by atoms with van der Waals surface area (Å²) in [6.07, 6.45) is 0.281. The summed E-state index contributed by atoms with van der Waals surface area (Å²) in [7, 11) is 0. The SMILES string of the molecule is CC(C)CC(C#N)C(=O)c1cc(F)ccc1[N+](=O)[O-]. The number of nitrogens with zero attached hydrogens (tertiary/aromatic N) is 2. The van der Waals surface area contributed by atoms with Gasteiger partial charge in [-0.3, -0.25) is 14.9 Å². The summed E-state index contributed by atoms with van der Waals surface area (Å²) >= 11 is 0. The van der Waals surface area contributed by atoms with Crippen molar-refractivity contribution < 1.29 is 14.1 Å². The zero-order valence-corrected chi connectivity index (χ0v) is 10.6. The molecule has 1 aromatic carbocycles. The predicted octanol–water partition coefficient (Wildman–Crippen LogP) is 3.10. The first-order valence-corrected chi connectivity index (χ1v) is 5.74. The maximum absolute atomic E-state index is 13.1. The van der Waals surface area contributed by atoms with Crippen LogP contribution in [0.3, 0.4) is 0 Å². The quantitative estimate of drug-likeness (QED) is 0.464. The number of hydrogen-bond acceptors (Lipinski definition) is 4. The number of rotatable bonds is 5. The highest BCUT2D eigenvalue weighted by Crippen LogP contribution is 2.25. The molecule has 0 N–H and O–H groups in total. The lowest BCUT2D eigenvalue weighted by Gasteiger charge is -2.10. The average molecular weight is 264 g/mol. The molecule has 0 heterocycles. The van der Waals surface area contributed by atoms with E-state index >= 15 is 0 Å². The summed E-state index contributed by atoms with van der Waals surface area (Å²) in [5.74, 6) is -2.36. The highest BCUT2D eigenvalue weighted by atomic mass is 19.1. The van der Waals surface area contributed by atoms with Gasteiger partial charge < -0.3 is 0 Å². The Labute approximate surface area is 109 Å². The van der Waals surface area contributed by atoms with Crippen molar-refractivity contribution in [1.82, 2.24) is 0 Å². The minimum Gasteiger partial charge on any atom is -0.292 e. The van der Waals surface area contributed by atoms with Crippen molar-refractivity contribution in [1.29, 1.82) is 5.26 Å². The highest BCUT2D eigenvalue weighted by Gasteiger charge is 2.27. The number of nitro groups is 1. The number of halogens is 1. The molecule has 0 fully saturated rings. The lowest BCUT2D eigenvalue weighted by molar-refractivity contribution is -0.385. The van der Waals surface area contributed by atoms with E-state index in [9.17, 15) is 19.3 Å². The van der Waals surface area contributed by atoms with E-state index in [1.165, 1.54) is 0 Å². The summed E-state index contributed by atoms with van der Waals surface area (Å²) < 4.78 is 13.1. The van der Waals surface area contributed by atoms with E-state index in [-0.39, 0.29) is 17.9 Å². The fourth-order valence-corrected chi connectivity index (χ4v) is 1.74. The molecule has 5 nitrogen and oxygen atoms in total. The molecule has 6 heteroatoms. The molecule has 0 bridgehead atoms. The smallest absolute Gasteiger partial charge is 0.280 e. The molecule has 1 aromatic rings. The van der Waals surface area contributed by atoms with Crippen molar-refractivity contribution in [3.8, 4) is 6.07 Å². The average Bonchev–Trinajstić information content (AvgIpc) is 2.34. The standard InChI is InChI=1S/C13H13FN2O3/c1-8(2)5-9(7-15)13(17)11-6-10(14)3-4-12(11)16(18)19/h3-4,6,8-9H,5H2,1-2H3. The molecule has 1 unspecified atom stereocenters. The maximum atomic E-state index is 13.1. The summed E-state index contributed by atoms with van der Waals surface area (Å²) in [5.41, 5.74) is -0.826. The van der Waals surface area contributed by atoms with Gasteiger partial charge in [0.1, 0.15) is 11.7 Å². The second-order valence-electron chi connectivity index (χ2n) is 4.59. The van der Waals surface area contributed by atoms with Gasteiger partial charge in [-0.25, -0.2) is 4.39 Å². The number of benzene rings is 1. The minimum atomic E-state index is -1.000. The van der Waals surface area contributed by atoms with E-state index in [0.717, 1.165) is 18.2 Å². The van der Waals surface area contributed by atoms with E-state index in [2.05, 4.69) is 0 Å². The molecule has 0 aromatic heterocycles. The van der Waals surface area contributed by atoms with Gasteiger partial charge in [0.05, 0.1) is 16.6 Å². The Hall–Kier alpha value is -2.29. The van der Waals surface area contributed by atoms with Crippen LogP contribution in [0.2, 0.25) is 0 Å². The van der Waals surface area contributed by atoms with Crippen molar-refractivity contribution in [3.05, 3.63) is 39.7 Å². The van der Waals surface area contributed by atoms with Gasteiger partial charge >= 0.3 is 0 Å². The lowest BCUT2D eigenvalue weighted by atomic mass is 9.90.